The molecule has 0 saturated carbocycles. The summed E-state index contributed by atoms with van der Waals surface area (Å²) in [6, 6.07) is 5.31. The number of nitrogens with zero attached hydrogens (tertiary/aromatic N) is 1. The molecule has 0 bridgehead atoms. The normalized spacial score (nSPS) is 18.8. The van der Waals surface area contributed by atoms with Crippen molar-refractivity contribution in [2.24, 2.45) is 11.7 Å². The molecule has 1 aromatic rings. The highest BCUT2D eigenvalue weighted by molar-refractivity contribution is 6.30. The van der Waals surface area contributed by atoms with Crippen LogP contribution in [0.3, 0.4) is 0 Å². The fourth-order valence-electron chi connectivity index (χ4n) is 2.33. The lowest BCUT2D eigenvalue weighted by molar-refractivity contribution is -0.125. The Bertz CT molecular complexity index is 517. The Morgan fingerprint density at radius 2 is 2.40 bits per heavy atom. The van der Waals surface area contributed by atoms with E-state index in [0.29, 0.717) is 23.2 Å². The molecule has 4 nitrogen and oxygen atoms in total. The maximum atomic E-state index is 12.1. The molecular weight excluding hydrogens is 276 g/mol. The van der Waals surface area contributed by atoms with Crippen LogP contribution in [0.2, 0.25) is 5.02 Å². The zero-order valence-corrected chi connectivity index (χ0v) is 12.3. The van der Waals surface area contributed by atoms with E-state index in [4.69, 9.17) is 22.1 Å². The molecule has 0 spiro atoms. The molecule has 20 heavy (non-hydrogen) atoms. The third-order valence-electron chi connectivity index (χ3n) is 3.53. The van der Waals surface area contributed by atoms with Gasteiger partial charge < -0.3 is 15.4 Å². The van der Waals surface area contributed by atoms with Crippen molar-refractivity contribution in [3.05, 3.63) is 34.9 Å². The van der Waals surface area contributed by atoms with E-state index in [-0.39, 0.29) is 5.91 Å². The molecule has 0 aromatic heterocycles. The van der Waals surface area contributed by atoms with Crippen LogP contribution in [0.15, 0.2) is 24.3 Å². The molecule has 1 saturated heterocycles. The zero-order chi connectivity index (χ0) is 14.5. The Kier molecular flexibility index (Phi) is 5.04. The van der Waals surface area contributed by atoms with Gasteiger partial charge in [0.25, 0.3) is 0 Å². The lowest BCUT2D eigenvalue weighted by Crippen LogP contribution is -2.28. The molecule has 2 N–H and O–H groups in total. The van der Waals surface area contributed by atoms with Gasteiger partial charge in [0.15, 0.2) is 0 Å². The van der Waals surface area contributed by atoms with Crippen molar-refractivity contribution in [1.82, 2.24) is 4.90 Å². The summed E-state index contributed by atoms with van der Waals surface area (Å²) in [7, 11) is 1.59. The number of likely N-dealkylation sites (tertiary alicyclic amines) is 1. The fourth-order valence-corrected chi connectivity index (χ4v) is 2.51. The van der Waals surface area contributed by atoms with Gasteiger partial charge in [-0.25, -0.2) is 0 Å². The molecule has 1 amide bonds. The molecule has 0 aliphatic carbocycles. The predicted octanol–water partition coefficient (Wildman–Crippen LogP) is 2.17. The first-order chi connectivity index (χ1) is 9.63. The number of hydrogen-bond acceptors (Lipinski definition) is 3. The minimum absolute atomic E-state index is 0.00276. The van der Waals surface area contributed by atoms with Crippen molar-refractivity contribution in [1.29, 1.82) is 0 Å². The molecule has 0 radical (unpaired) electrons. The maximum absolute atomic E-state index is 12.1. The summed E-state index contributed by atoms with van der Waals surface area (Å²) >= 11 is 5.96. The number of carbonyl (C=O) groups is 1. The average Bonchev–Trinajstić information content (AvgIpc) is 2.94. The van der Waals surface area contributed by atoms with Gasteiger partial charge in [-0.05, 0) is 43.2 Å². The Balaban J connectivity index is 2.06. The Morgan fingerprint density at radius 3 is 3.05 bits per heavy atom. The molecule has 1 aromatic carbocycles. The van der Waals surface area contributed by atoms with Crippen molar-refractivity contribution in [2.45, 2.75) is 6.42 Å². The van der Waals surface area contributed by atoms with Gasteiger partial charge in [0.05, 0.1) is 7.11 Å². The number of amides is 1. The minimum atomic E-state index is 0.00276. The first-order valence-electron chi connectivity index (χ1n) is 6.64. The second-order valence-electron chi connectivity index (χ2n) is 4.89. The highest BCUT2D eigenvalue weighted by Crippen LogP contribution is 2.24. The number of benzene rings is 1. The van der Waals surface area contributed by atoms with Gasteiger partial charge in [-0.15, -0.1) is 0 Å². The molecule has 5 heteroatoms. The summed E-state index contributed by atoms with van der Waals surface area (Å²) in [6.45, 7) is 2.15. The topological polar surface area (TPSA) is 55.6 Å². The molecule has 1 atom stereocenters. The summed E-state index contributed by atoms with van der Waals surface area (Å²) in [5.74, 6) is 1.12. The highest BCUT2D eigenvalue weighted by atomic mass is 35.5. The van der Waals surface area contributed by atoms with E-state index in [9.17, 15) is 4.79 Å². The van der Waals surface area contributed by atoms with Crippen LogP contribution in [0, 0.1) is 5.92 Å². The van der Waals surface area contributed by atoms with Crippen molar-refractivity contribution in [3.8, 4) is 5.75 Å². The van der Waals surface area contributed by atoms with E-state index < -0.39 is 0 Å². The van der Waals surface area contributed by atoms with Crippen LogP contribution in [-0.2, 0) is 4.79 Å². The van der Waals surface area contributed by atoms with Crippen LogP contribution in [0.5, 0.6) is 5.75 Å². The van der Waals surface area contributed by atoms with Crippen molar-refractivity contribution in [3.63, 3.8) is 0 Å². The minimum Gasteiger partial charge on any atom is -0.496 e. The van der Waals surface area contributed by atoms with Crippen molar-refractivity contribution < 1.29 is 9.53 Å². The number of carbonyl (C=O) groups excluding carboxylic acids is 1. The fraction of sp³-hybridized carbons (Fsp3) is 0.400. The second kappa shape index (κ2) is 6.77. The van der Waals surface area contributed by atoms with E-state index >= 15 is 0 Å². The van der Waals surface area contributed by atoms with Gasteiger partial charge in [0.1, 0.15) is 5.75 Å². The van der Waals surface area contributed by atoms with Crippen molar-refractivity contribution in [2.75, 3.05) is 26.7 Å². The SMILES string of the molecule is COc1ccc(Cl)cc1C=CC(=O)N1CCC(CN)C1. The number of hydrogen-bond donors (Lipinski definition) is 1. The third kappa shape index (κ3) is 3.52. The number of ether oxygens (including phenoxy) is 1. The van der Waals surface area contributed by atoms with Gasteiger partial charge >= 0.3 is 0 Å². The summed E-state index contributed by atoms with van der Waals surface area (Å²) < 4.78 is 5.24. The van der Waals surface area contributed by atoms with Crippen LogP contribution in [0.25, 0.3) is 6.08 Å². The second-order valence-corrected chi connectivity index (χ2v) is 5.33. The molecule has 2 rings (SSSR count). The number of rotatable bonds is 4. The van der Waals surface area contributed by atoms with Crippen LogP contribution in [0.4, 0.5) is 0 Å². The van der Waals surface area contributed by atoms with E-state index in [1.807, 2.05) is 4.90 Å². The number of methoxy groups -OCH3 is 1. The lowest BCUT2D eigenvalue weighted by Gasteiger charge is -2.13. The van der Waals surface area contributed by atoms with Crippen LogP contribution in [-0.4, -0.2) is 37.6 Å². The Hall–Kier alpha value is -1.52. The van der Waals surface area contributed by atoms with Crippen LogP contribution >= 0.6 is 11.6 Å². The summed E-state index contributed by atoms with van der Waals surface area (Å²) in [5.41, 5.74) is 6.42. The van der Waals surface area contributed by atoms with Gasteiger partial charge in [-0.1, -0.05) is 11.6 Å². The van der Waals surface area contributed by atoms with E-state index in [1.54, 1.807) is 37.5 Å². The standard InChI is InChI=1S/C15H19ClN2O2/c1-20-14-4-3-13(16)8-12(14)2-5-15(19)18-7-6-11(9-17)10-18/h2-5,8,11H,6-7,9-10,17H2,1H3. The Morgan fingerprint density at radius 1 is 1.60 bits per heavy atom. The quantitative estimate of drug-likeness (QED) is 0.866. The van der Waals surface area contributed by atoms with Crippen LogP contribution < -0.4 is 10.5 Å². The van der Waals surface area contributed by atoms with Gasteiger partial charge in [-0.2, -0.15) is 0 Å². The molecule has 1 aliphatic heterocycles. The highest BCUT2D eigenvalue weighted by Gasteiger charge is 2.23. The van der Waals surface area contributed by atoms with E-state index in [1.165, 1.54) is 0 Å². The smallest absolute Gasteiger partial charge is 0.246 e. The van der Waals surface area contributed by atoms with Gasteiger partial charge in [0.2, 0.25) is 5.91 Å². The first kappa shape index (κ1) is 14.9. The first-order valence-corrected chi connectivity index (χ1v) is 7.02. The van der Waals surface area contributed by atoms with Crippen LogP contribution in [0.1, 0.15) is 12.0 Å². The summed E-state index contributed by atoms with van der Waals surface area (Å²) in [4.78, 5) is 13.9. The van der Waals surface area contributed by atoms with E-state index in [2.05, 4.69) is 0 Å². The third-order valence-corrected chi connectivity index (χ3v) is 3.76. The molecule has 1 fully saturated rings. The molecule has 1 aliphatic rings. The summed E-state index contributed by atoms with van der Waals surface area (Å²) in [6.07, 6.45) is 4.28. The average molecular weight is 295 g/mol. The lowest BCUT2D eigenvalue weighted by atomic mass is 10.1. The molecular formula is C15H19ClN2O2. The zero-order valence-electron chi connectivity index (χ0n) is 11.5. The maximum Gasteiger partial charge on any atom is 0.246 e. The van der Waals surface area contributed by atoms with Gasteiger partial charge in [0, 0.05) is 29.8 Å². The molecule has 1 unspecified atom stereocenters. The number of halogens is 1. The monoisotopic (exact) mass is 294 g/mol. The van der Waals surface area contributed by atoms with Gasteiger partial charge in [-0.3, -0.25) is 4.79 Å². The van der Waals surface area contributed by atoms with Crippen molar-refractivity contribution >= 4 is 23.6 Å². The van der Waals surface area contributed by atoms with E-state index in [0.717, 1.165) is 25.1 Å². The largest absolute Gasteiger partial charge is 0.496 e. The summed E-state index contributed by atoms with van der Waals surface area (Å²) in [5, 5.41) is 0.613. The Labute approximate surface area is 124 Å². The number of nitrogens with two attached hydrogens (primary N) is 1. The molecule has 108 valence electrons. The predicted molar refractivity (Wildman–Crippen MR) is 80.8 cm³/mol. The molecule has 1 heterocycles.